The summed E-state index contributed by atoms with van der Waals surface area (Å²) in [6.07, 6.45) is 8.85. The molecule has 1 saturated carbocycles. The average molecular weight is 508 g/mol. The summed E-state index contributed by atoms with van der Waals surface area (Å²) in [5.74, 6) is 2.16. The lowest BCUT2D eigenvalue weighted by atomic mass is 9.78. The summed E-state index contributed by atoms with van der Waals surface area (Å²) < 4.78 is 26.1. The molecule has 0 bridgehead atoms. The van der Waals surface area contributed by atoms with Crippen LogP contribution in [0, 0.1) is 11.8 Å². The van der Waals surface area contributed by atoms with Crippen molar-refractivity contribution in [2.24, 2.45) is 32.2 Å². The Morgan fingerprint density at radius 1 is 0.944 bits per heavy atom. The van der Waals surface area contributed by atoms with Gasteiger partial charge in [0.1, 0.15) is 0 Å². The predicted octanol–water partition coefficient (Wildman–Crippen LogP) is 5.40. The van der Waals surface area contributed by atoms with E-state index in [1.54, 1.807) is 0 Å². The normalized spacial score (nSPS) is 23.1. The standard InChI is InChI=1S/C28H37N5O2S/c1-2-19-3-5-20(6-4-19)17-24-11-12-25(26(27(24)36(29,34)35)28-31-18-32-33-28)23-9-7-21(8-10-23)22-13-15-30-16-14-22/h7-12,19-20,22,30H,2-6,13-18H2,1H3,(H2,29,34,35). The van der Waals surface area contributed by atoms with Gasteiger partial charge in [-0.1, -0.05) is 62.6 Å². The predicted molar refractivity (Wildman–Crippen MR) is 144 cm³/mol. The maximum Gasteiger partial charge on any atom is 0.239 e. The number of azo groups is 1. The third-order valence-electron chi connectivity index (χ3n) is 8.28. The molecule has 2 aliphatic heterocycles. The molecular formula is C28H37N5O2S. The Balaban J connectivity index is 1.54. The third kappa shape index (κ3) is 5.45. The van der Waals surface area contributed by atoms with Gasteiger partial charge in [0, 0.05) is 5.56 Å². The molecule has 2 heterocycles. The van der Waals surface area contributed by atoms with Crippen LogP contribution in [0.1, 0.15) is 74.5 Å². The maximum atomic E-state index is 13.1. The van der Waals surface area contributed by atoms with Gasteiger partial charge in [-0.2, -0.15) is 5.11 Å². The van der Waals surface area contributed by atoms with Crippen LogP contribution in [-0.2, 0) is 16.4 Å². The average Bonchev–Trinajstić information content (AvgIpc) is 3.44. The van der Waals surface area contributed by atoms with Crippen LogP contribution in [0.2, 0.25) is 0 Å². The van der Waals surface area contributed by atoms with Crippen LogP contribution < -0.4 is 10.5 Å². The zero-order valence-corrected chi connectivity index (χ0v) is 21.9. The van der Waals surface area contributed by atoms with Crippen molar-refractivity contribution in [3.63, 3.8) is 0 Å². The molecule has 0 unspecified atom stereocenters. The summed E-state index contributed by atoms with van der Waals surface area (Å²) in [5.41, 5.74) is 4.31. The molecule has 192 valence electrons. The number of nitrogens with two attached hydrogens (primary N) is 1. The molecule has 2 fully saturated rings. The molecule has 5 rings (SSSR count). The fourth-order valence-electron chi connectivity index (χ4n) is 6.18. The van der Waals surface area contributed by atoms with E-state index in [0.717, 1.165) is 61.4 Å². The lowest BCUT2D eigenvalue weighted by molar-refractivity contribution is 0.267. The van der Waals surface area contributed by atoms with E-state index in [1.807, 2.05) is 12.1 Å². The largest absolute Gasteiger partial charge is 0.317 e. The number of hydrogen-bond donors (Lipinski definition) is 2. The molecule has 0 atom stereocenters. The summed E-state index contributed by atoms with van der Waals surface area (Å²) in [4.78, 5) is 4.59. The fraction of sp³-hybridized carbons (Fsp3) is 0.536. The lowest BCUT2D eigenvalue weighted by Gasteiger charge is -2.28. The van der Waals surface area contributed by atoms with Crippen LogP contribution in [0.4, 0.5) is 0 Å². The van der Waals surface area contributed by atoms with Crippen molar-refractivity contribution >= 4 is 15.9 Å². The van der Waals surface area contributed by atoms with Gasteiger partial charge in [-0.25, -0.2) is 18.5 Å². The minimum absolute atomic E-state index is 0.166. The first-order valence-corrected chi connectivity index (χ1v) is 14.9. The Morgan fingerprint density at radius 2 is 1.64 bits per heavy atom. The van der Waals surface area contributed by atoms with Crippen molar-refractivity contribution in [3.8, 4) is 11.1 Å². The van der Waals surface area contributed by atoms with Crippen LogP contribution >= 0.6 is 0 Å². The molecule has 8 heteroatoms. The number of piperidine rings is 1. The molecule has 1 aliphatic carbocycles. The summed E-state index contributed by atoms with van der Waals surface area (Å²) >= 11 is 0. The van der Waals surface area contributed by atoms with Gasteiger partial charge >= 0.3 is 0 Å². The number of rotatable bonds is 7. The zero-order chi connectivity index (χ0) is 25.1. The Hall–Kier alpha value is -2.42. The van der Waals surface area contributed by atoms with Gasteiger partial charge in [0.2, 0.25) is 10.0 Å². The molecule has 0 aromatic heterocycles. The van der Waals surface area contributed by atoms with Crippen LogP contribution in [0.25, 0.3) is 11.1 Å². The first kappa shape index (κ1) is 25.2. The van der Waals surface area contributed by atoms with E-state index < -0.39 is 10.0 Å². The zero-order valence-electron chi connectivity index (χ0n) is 21.1. The number of aliphatic imine (C=N–C) groups is 1. The number of nitrogens with one attached hydrogen (secondary N) is 1. The van der Waals surface area contributed by atoms with Crippen LogP contribution in [0.15, 0.2) is 56.5 Å². The van der Waals surface area contributed by atoms with Gasteiger partial charge in [-0.3, -0.25) is 0 Å². The summed E-state index contributed by atoms with van der Waals surface area (Å²) in [6, 6.07) is 12.5. The molecule has 7 nitrogen and oxygen atoms in total. The van der Waals surface area contributed by atoms with E-state index in [9.17, 15) is 8.42 Å². The van der Waals surface area contributed by atoms with E-state index in [1.165, 1.54) is 24.8 Å². The quantitative estimate of drug-likeness (QED) is 0.524. The number of primary sulfonamides is 1. The van der Waals surface area contributed by atoms with Crippen molar-refractivity contribution < 1.29 is 8.42 Å². The molecule has 3 N–H and O–H groups in total. The van der Waals surface area contributed by atoms with Gasteiger partial charge in [-0.05, 0) is 85.2 Å². The highest BCUT2D eigenvalue weighted by Crippen LogP contribution is 2.38. The summed E-state index contributed by atoms with van der Waals surface area (Å²) in [6.45, 7) is 4.55. The Bertz CT molecular complexity index is 1240. The molecule has 1 saturated heterocycles. The van der Waals surface area contributed by atoms with Crippen LogP contribution in [0.3, 0.4) is 0 Å². The van der Waals surface area contributed by atoms with Gasteiger partial charge in [0.05, 0.1) is 4.90 Å². The van der Waals surface area contributed by atoms with Gasteiger partial charge < -0.3 is 5.32 Å². The number of sulfonamides is 1. The monoisotopic (exact) mass is 507 g/mol. The molecule has 2 aromatic carbocycles. The first-order valence-electron chi connectivity index (χ1n) is 13.4. The van der Waals surface area contributed by atoms with Crippen molar-refractivity contribution in [2.45, 2.75) is 69.1 Å². The number of hydrogen-bond acceptors (Lipinski definition) is 6. The Kier molecular flexibility index (Phi) is 7.65. The van der Waals surface area contributed by atoms with Crippen molar-refractivity contribution in [3.05, 3.63) is 53.1 Å². The highest BCUT2D eigenvalue weighted by atomic mass is 32.2. The lowest BCUT2D eigenvalue weighted by Crippen LogP contribution is -2.26. The van der Waals surface area contributed by atoms with Gasteiger partial charge in [-0.15, -0.1) is 5.11 Å². The fourth-order valence-corrected chi connectivity index (χ4v) is 7.18. The van der Waals surface area contributed by atoms with Crippen LogP contribution in [0.5, 0.6) is 0 Å². The second kappa shape index (κ2) is 10.9. The number of amidine groups is 1. The molecule has 2 aromatic rings. The van der Waals surface area contributed by atoms with E-state index in [4.69, 9.17) is 5.14 Å². The van der Waals surface area contributed by atoms with E-state index in [-0.39, 0.29) is 11.6 Å². The van der Waals surface area contributed by atoms with E-state index in [0.29, 0.717) is 29.7 Å². The minimum Gasteiger partial charge on any atom is -0.317 e. The molecule has 36 heavy (non-hydrogen) atoms. The Labute approximate surface area is 214 Å². The molecular weight excluding hydrogens is 470 g/mol. The van der Waals surface area contributed by atoms with Crippen LogP contribution in [-0.4, -0.2) is 34.0 Å². The molecule has 0 amide bonds. The van der Waals surface area contributed by atoms with Gasteiger partial charge in [0.15, 0.2) is 12.5 Å². The number of nitrogens with zero attached hydrogens (tertiary/aromatic N) is 3. The van der Waals surface area contributed by atoms with E-state index >= 15 is 0 Å². The van der Waals surface area contributed by atoms with E-state index in [2.05, 4.69) is 51.7 Å². The Morgan fingerprint density at radius 3 is 2.25 bits per heavy atom. The molecule has 3 aliphatic rings. The summed E-state index contributed by atoms with van der Waals surface area (Å²) in [5, 5.41) is 17.5. The topological polar surface area (TPSA) is 109 Å². The second-order valence-corrected chi connectivity index (χ2v) is 12.0. The van der Waals surface area contributed by atoms with Crippen molar-refractivity contribution in [1.29, 1.82) is 0 Å². The SMILES string of the molecule is CCC1CCC(Cc2ccc(-c3ccc(C4CCNCC4)cc3)c(C3=NCN=N3)c2S(N)(=O)=O)CC1. The molecule has 0 spiro atoms. The van der Waals surface area contributed by atoms with Crippen molar-refractivity contribution in [1.82, 2.24) is 5.32 Å². The highest BCUT2D eigenvalue weighted by molar-refractivity contribution is 7.89. The molecule has 0 radical (unpaired) electrons. The highest BCUT2D eigenvalue weighted by Gasteiger charge is 2.29. The smallest absolute Gasteiger partial charge is 0.239 e. The van der Waals surface area contributed by atoms with Crippen molar-refractivity contribution in [2.75, 3.05) is 19.8 Å². The number of benzene rings is 2. The first-order chi connectivity index (χ1) is 17.4. The maximum absolute atomic E-state index is 13.1. The minimum atomic E-state index is -4.01. The van der Waals surface area contributed by atoms with Gasteiger partial charge in [0.25, 0.3) is 0 Å². The summed E-state index contributed by atoms with van der Waals surface area (Å²) in [7, 11) is -4.01. The second-order valence-electron chi connectivity index (χ2n) is 10.5. The third-order valence-corrected chi connectivity index (χ3v) is 9.32.